The van der Waals surface area contributed by atoms with Gasteiger partial charge in [-0.1, -0.05) is 291 Å². The molecular formula is C97H92O12. The van der Waals surface area contributed by atoms with E-state index in [-0.39, 0.29) is 74.4 Å². The number of hydrogen-bond donors (Lipinski definition) is 4. The highest BCUT2D eigenvalue weighted by atomic mass is 16.6. The Labute approximate surface area is 638 Å². The average molecular weight is 1450 g/mol. The van der Waals surface area contributed by atoms with Crippen LogP contribution in [0, 0.1) is 5.41 Å². The van der Waals surface area contributed by atoms with Crippen LogP contribution in [0.25, 0.3) is 0 Å². The summed E-state index contributed by atoms with van der Waals surface area (Å²) in [6, 6.07) is 94.1. The molecule has 0 aliphatic rings. The van der Waals surface area contributed by atoms with Crippen LogP contribution in [0.4, 0.5) is 0 Å². The number of rotatable bonds is 36. The first kappa shape index (κ1) is 76.4. The minimum absolute atomic E-state index is 0.114. The summed E-state index contributed by atoms with van der Waals surface area (Å²) in [5.74, 6) is -1.80. The van der Waals surface area contributed by atoms with Crippen molar-refractivity contribution < 1.29 is 58.6 Å². The van der Waals surface area contributed by atoms with Crippen molar-refractivity contribution >= 4 is 23.9 Å². The number of benzene rings is 12. The van der Waals surface area contributed by atoms with Gasteiger partial charge in [-0.05, 0) is 137 Å². The Morgan fingerprint density at radius 1 is 0.211 bits per heavy atom. The maximum atomic E-state index is 14.6. The van der Waals surface area contributed by atoms with E-state index in [0.29, 0.717) is 95.9 Å². The van der Waals surface area contributed by atoms with Crippen molar-refractivity contribution in [1.82, 2.24) is 0 Å². The van der Waals surface area contributed by atoms with E-state index >= 15 is 0 Å². The van der Waals surface area contributed by atoms with Crippen molar-refractivity contribution in [2.45, 2.75) is 103 Å². The van der Waals surface area contributed by atoms with Gasteiger partial charge in [-0.3, -0.25) is 19.2 Å². The van der Waals surface area contributed by atoms with Gasteiger partial charge in [0.15, 0.2) is 0 Å². The maximum absolute atomic E-state index is 14.6. The number of phenolic OH excluding ortho intramolecular Hbond substituents is 4. The summed E-state index contributed by atoms with van der Waals surface area (Å²) >= 11 is 0. The van der Waals surface area contributed by atoms with Crippen molar-refractivity contribution in [3.05, 3.63) is 402 Å². The largest absolute Gasteiger partial charge is 0.507 e. The number of hydrogen-bond acceptors (Lipinski definition) is 12. The molecule has 0 aliphatic carbocycles. The second kappa shape index (κ2) is 38.3. The molecule has 12 rings (SSSR count). The Hall–Kier alpha value is -12.3. The molecule has 0 aliphatic heterocycles. The van der Waals surface area contributed by atoms with Gasteiger partial charge in [0.1, 0.15) is 54.8 Å². The van der Waals surface area contributed by atoms with Gasteiger partial charge in [0, 0.05) is 77.0 Å². The molecule has 0 saturated heterocycles. The summed E-state index contributed by atoms with van der Waals surface area (Å²) in [6.45, 7) is -2.04. The van der Waals surface area contributed by atoms with Crippen LogP contribution in [0.15, 0.2) is 291 Å². The van der Waals surface area contributed by atoms with Crippen LogP contribution in [-0.2, 0) is 115 Å². The van der Waals surface area contributed by atoms with E-state index in [1.807, 2.05) is 291 Å². The first-order valence-electron chi connectivity index (χ1n) is 37.5. The van der Waals surface area contributed by atoms with Crippen molar-refractivity contribution in [2.75, 3.05) is 26.4 Å². The molecule has 0 saturated carbocycles. The molecule has 12 aromatic carbocycles. The lowest BCUT2D eigenvalue weighted by atomic mass is 9.91. The molecule has 12 nitrogen and oxygen atoms in total. The Kier molecular flexibility index (Phi) is 26.8. The number of carbonyl (C=O) groups is 4. The molecule has 0 unspecified atom stereocenters. The van der Waals surface area contributed by atoms with Crippen molar-refractivity contribution in [1.29, 1.82) is 0 Å². The number of aryl methyl sites for hydroxylation is 4. The summed E-state index contributed by atoms with van der Waals surface area (Å²) in [5, 5.41) is 47.2. The SMILES string of the molecule is O=C(CCc1cc(Cc2ccccc2)c(O)c(Cc2ccccc2)c1)OCC(COC(=O)CCc1cc(Cc2ccccc2)c(O)c(Cc2ccccc2)c1)(COC(=O)CCc1cc(Cc2ccccc2)c(O)c(Cc2ccccc2)c1)COC(=O)CCc1cc(Cc2ccccc2)c(O)c(Cc2ccccc2)c1. The molecule has 0 amide bonds. The maximum Gasteiger partial charge on any atom is 0.306 e. The van der Waals surface area contributed by atoms with E-state index < -0.39 is 55.7 Å². The number of esters is 4. The van der Waals surface area contributed by atoms with E-state index in [2.05, 4.69) is 0 Å². The zero-order valence-corrected chi connectivity index (χ0v) is 61.4. The molecule has 0 spiro atoms. The molecule has 0 bridgehead atoms. The fourth-order valence-electron chi connectivity index (χ4n) is 14.0. The van der Waals surface area contributed by atoms with Gasteiger partial charge in [-0.15, -0.1) is 0 Å². The first-order chi connectivity index (χ1) is 53.2. The van der Waals surface area contributed by atoms with Crippen LogP contribution in [-0.4, -0.2) is 70.7 Å². The highest BCUT2D eigenvalue weighted by Gasteiger charge is 2.38. The number of aromatic hydroxyl groups is 4. The second-order valence-corrected chi connectivity index (χ2v) is 28.5. The third-order valence-corrected chi connectivity index (χ3v) is 19.8. The standard InChI is InChI=1S/C97H92O12/c98-89(45-41-77-57-81(49-69-25-9-1-10-26-69)93(102)82(58-77)50-70-27-11-2-12-28-70)106-65-97(66-107-90(99)46-42-78-59-83(51-71-29-13-3-14-30-71)94(103)84(60-78)52-72-31-15-4-16-32-72,67-108-91(100)47-43-79-61-85(53-73-33-17-5-18-34-73)95(104)86(62-79)54-74-35-19-6-20-36-74)68-109-92(101)48-44-80-63-87(55-75-37-21-7-22-38-75)96(105)88(64-80)56-76-39-23-8-24-40-76/h1-40,57-64,102-105H,41-56,65-68H2. The van der Waals surface area contributed by atoms with E-state index in [0.717, 1.165) is 66.8 Å². The molecular weight excluding hydrogens is 1360 g/mol. The molecule has 552 valence electrons. The Bertz CT molecular complexity index is 4080. The average Bonchev–Trinajstić information content (AvgIpc) is 0.836. The predicted molar refractivity (Wildman–Crippen MR) is 426 cm³/mol. The lowest BCUT2D eigenvalue weighted by Gasteiger charge is -2.31. The summed E-state index contributed by atoms with van der Waals surface area (Å²) < 4.78 is 25.0. The van der Waals surface area contributed by atoms with Gasteiger partial charge in [0.25, 0.3) is 0 Å². The zero-order chi connectivity index (χ0) is 75.6. The van der Waals surface area contributed by atoms with Gasteiger partial charge in [0.05, 0.1) is 0 Å². The van der Waals surface area contributed by atoms with E-state index in [1.54, 1.807) is 0 Å². The van der Waals surface area contributed by atoms with Gasteiger partial charge in [-0.2, -0.15) is 0 Å². The van der Waals surface area contributed by atoms with Crippen LogP contribution in [0.3, 0.4) is 0 Å². The third kappa shape index (κ3) is 22.9. The molecule has 4 N–H and O–H groups in total. The summed E-state index contributed by atoms with van der Waals surface area (Å²) in [5.41, 5.74) is 15.2. The quantitative estimate of drug-likeness (QED) is 0.0215. The highest BCUT2D eigenvalue weighted by molar-refractivity contribution is 5.72. The molecule has 0 atom stereocenters. The Morgan fingerprint density at radius 3 is 0.486 bits per heavy atom. The molecule has 0 radical (unpaired) electrons. The minimum atomic E-state index is -1.67. The second-order valence-electron chi connectivity index (χ2n) is 28.5. The minimum Gasteiger partial charge on any atom is -0.507 e. The highest BCUT2D eigenvalue weighted by Crippen LogP contribution is 2.36. The number of carbonyl (C=O) groups excluding carboxylic acids is 4. The van der Waals surface area contributed by atoms with Crippen molar-refractivity contribution in [3.8, 4) is 23.0 Å². The van der Waals surface area contributed by atoms with E-state index in [9.17, 15) is 39.6 Å². The fraction of sp³-hybridized carbons (Fsp3) is 0.216. The number of ether oxygens (including phenoxy) is 4. The van der Waals surface area contributed by atoms with Crippen LogP contribution < -0.4 is 0 Å². The molecule has 0 aromatic heterocycles. The Balaban J connectivity index is 0.835. The van der Waals surface area contributed by atoms with Gasteiger partial charge >= 0.3 is 23.9 Å². The molecule has 0 heterocycles. The smallest absolute Gasteiger partial charge is 0.306 e. The molecule has 0 fully saturated rings. The van der Waals surface area contributed by atoms with Crippen LogP contribution in [0.1, 0.15) is 137 Å². The third-order valence-electron chi connectivity index (χ3n) is 19.8. The van der Waals surface area contributed by atoms with Gasteiger partial charge in [0.2, 0.25) is 0 Å². The summed E-state index contributed by atoms with van der Waals surface area (Å²) in [4.78, 5) is 58.2. The lowest BCUT2D eigenvalue weighted by Crippen LogP contribution is -2.44. The van der Waals surface area contributed by atoms with Crippen LogP contribution in [0.5, 0.6) is 23.0 Å². The summed E-state index contributed by atoms with van der Waals surface area (Å²) in [7, 11) is 0. The molecule has 109 heavy (non-hydrogen) atoms. The number of phenols is 4. The van der Waals surface area contributed by atoms with Gasteiger partial charge < -0.3 is 39.4 Å². The lowest BCUT2D eigenvalue weighted by molar-refractivity contribution is -0.170. The topological polar surface area (TPSA) is 186 Å². The Morgan fingerprint density at radius 2 is 0.349 bits per heavy atom. The molecule has 12 aromatic rings. The van der Waals surface area contributed by atoms with Crippen LogP contribution >= 0.6 is 0 Å². The monoisotopic (exact) mass is 1450 g/mol. The normalized spacial score (nSPS) is 11.2. The van der Waals surface area contributed by atoms with Crippen LogP contribution in [0.2, 0.25) is 0 Å². The zero-order valence-electron chi connectivity index (χ0n) is 61.4. The van der Waals surface area contributed by atoms with Gasteiger partial charge in [-0.25, -0.2) is 0 Å². The van der Waals surface area contributed by atoms with Crippen molar-refractivity contribution in [2.24, 2.45) is 5.41 Å². The van der Waals surface area contributed by atoms with E-state index in [1.165, 1.54) is 0 Å². The van der Waals surface area contributed by atoms with E-state index in [4.69, 9.17) is 18.9 Å². The summed E-state index contributed by atoms with van der Waals surface area (Å²) in [6.07, 6.45) is 4.02. The predicted octanol–water partition coefficient (Wildman–Crippen LogP) is 18.2. The first-order valence-corrected chi connectivity index (χ1v) is 37.5. The van der Waals surface area contributed by atoms with Crippen molar-refractivity contribution in [3.63, 3.8) is 0 Å². The molecule has 12 heteroatoms. The fourth-order valence-corrected chi connectivity index (χ4v) is 14.0.